The molecule has 0 bridgehead atoms. The van der Waals surface area contributed by atoms with Crippen molar-refractivity contribution in [2.75, 3.05) is 6.54 Å². The number of nitrogens with one attached hydrogen (secondary N) is 1. The molecule has 2 nitrogen and oxygen atoms in total. The van der Waals surface area contributed by atoms with Gasteiger partial charge in [0.15, 0.2) is 0 Å². The predicted octanol–water partition coefficient (Wildman–Crippen LogP) is 6.32. The maximum Gasteiger partial charge on any atom is 0.120 e. The third kappa shape index (κ3) is 6.68. The molecule has 2 aromatic carbocycles. The SMILES string of the molecule is Cl.Clc1ccccc1COc1cccc(CNCCC2=CCCCC2)c1. The van der Waals surface area contributed by atoms with Crippen molar-refractivity contribution >= 4 is 24.0 Å². The lowest BCUT2D eigenvalue weighted by atomic mass is 9.97. The number of rotatable bonds is 8. The molecule has 0 radical (unpaired) electrons. The van der Waals surface area contributed by atoms with Crippen LogP contribution in [-0.2, 0) is 13.2 Å². The van der Waals surface area contributed by atoms with Crippen molar-refractivity contribution in [1.82, 2.24) is 5.32 Å². The van der Waals surface area contributed by atoms with E-state index in [0.717, 1.165) is 29.4 Å². The molecular weight excluding hydrogens is 365 g/mol. The molecule has 1 aliphatic carbocycles. The largest absolute Gasteiger partial charge is 0.489 e. The van der Waals surface area contributed by atoms with E-state index < -0.39 is 0 Å². The van der Waals surface area contributed by atoms with Crippen molar-refractivity contribution in [1.29, 1.82) is 0 Å². The maximum atomic E-state index is 6.18. The Hall–Kier alpha value is -1.48. The summed E-state index contributed by atoms with van der Waals surface area (Å²) in [6, 6.07) is 16.1. The minimum Gasteiger partial charge on any atom is -0.489 e. The van der Waals surface area contributed by atoms with E-state index in [2.05, 4.69) is 23.5 Å². The molecule has 0 aromatic heterocycles. The summed E-state index contributed by atoms with van der Waals surface area (Å²) in [4.78, 5) is 0. The van der Waals surface area contributed by atoms with Gasteiger partial charge < -0.3 is 10.1 Å². The lowest BCUT2D eigenvalue weighted by molar-refractivity contribution is 0.306. The quantitative estimate of drug-likeness (QED) is 0.419. The van der Waals surface area contributed by atoms with E-state index >= 15 is 0 Å². The van der Waals surface area contributed by atoms with Gasteiger partial charge in [0.1, 0.15) is 12.4 Å². The summed E-state index contributed by atoms with van der Waals surface area (Å²) in [6.45, 7) is 2.40. The Balaban J connectivity index is 0.00000243. The van der Waals surface area contributed by atoms with Crippen molar-refractivity contribution in [2.24, 2.45) is 0 Å². The number of ether oxygens (including phenoxy) is 1. The Bertz CT molecular complexity index is 715. The van der Waals surface area contributed by atoms with Gasteiger partial charge in [-0.2, -0.15) is 0 Å². The number of hydrogen-bond acceptors (Lipinski definition) is 2. The molecule has 0 aliphatic heterocycles. The topological polar surface area (TPSA) is 21.3 Å². The van der Waals surface area contributed by atoms with Crippen molar-refractivity contribution in [2.45, 2.75) is 45.3 Å². The minimum atomic E-state index is 0. The first kappa shape index (κ1) is 20.8. The van der Waals surface area contributed by atoms with E-state index in [4.69, 9.17) is 16.3 Å². The van der Waals surface area contributed by atoms with Gasteiger partial charge in [-0.25, -0.2) is 0 Å². The third-order valence-corrected chi connectivity index (χ3v) is 4.96. The van der Waals surface area contributed by atoms with E-state index in [1.165, 1.54) is 37.7 Å². The monoisotopic (exact) mass is 391 g/mol. The molecule has 0 saturated carbocycles. The summed E-state index contributed by atoms with van der Waals surface area (Å²) in [5, 5.41) is 4.29. The van der Waals surface area contributed by atoms with E-state index in [1.54, 1.807) is 5.57 Å². The van der Waals surface area contributed by atoms with Crippen LogP contribution in [0.4, 0.5) is 0 Å². The predicted molar refractivity (Wildman–Crippen MR) is 112 cm³/mol. The highest BCUT2D eigenvalue weighted by atomic mass is 35.5. The van der Waals surface area contributed by atoms with Crippen LogP contribution in [0, 0.1) is 0 Å². The third-order valence-electron chi connectivity index (χ3n) is 4.59. The molecule has 0 heterocycles. The Morgan fingerprint density at radius 1 is 1.04 bits per heavy atom. The highest BCUT2D eigenvalue weighted by Crippen LogP contribution is 2.20. The molecule has 1 aliphatic rings. The lowest BCUT2D eigenvalue weighted by Crippen LogP contribution is -2.15. The molecule has 0 spiro atoms. The van der Waals surface area contributed by atoms with E-state index in [-0.39, 0.29) is 12.4 Å². The molecule has 1 N–H and O–H groups in total. The second kappa shape index (κ2) is 11.3. The molecule has 3 rings (SSSR count). The fourth-order valence-electron chi connectivity index (χ4n) is 3.14. The van der Waals surface area contributed by atoms with Gasteiger partial charge in [0.25, 0.3) is 0 Å². The lowest BCUT2D eigenvalue weighted by Gasteiger charge is -2.13. The Morgan fingerprint density at radius 3 is 2.73 bits per heavy atom. The normalized spacial score (nSPS) is 13.7. The Kier molecular flexibility index (Phi) is 9.04. The fraction of sp³-hybridized carbons (Fsp3) is 0.364. The average Bonchev–Trinajstić information content (AvgIpc) is 2.66. The highest BCUT2D eigenvalue weighted by Gasteiger charge is 2.04. The second-order valence-corrected chi connectivity index (χ2v) is 6.97. The summed E-state index contributed by atoms with van der Waals surface area (Å²) in [7, 11) is 0. The van der Waals surface area contributed by atoms with Crippen LogP contribution in [0.5, 0.6) is 5.75 Å². The van der Waals surface area contributed by atoms with Gasteiger partial charge in [0, 0.05) is 17.1 Å². The van der Waals surface area contributed by atoms with Gasteiger partial charge in [-0.1, -0.05) is 53.6 Å². The zero-order valence-corrected chi connectivity index (χ0v) is 16.6. The van der Waals surface area contributed by atoms with Gasteiger partial charge in [-0.15, -0.1) is 12.4 Å². The Labute approximate surface area is 168 Å². The fourth-order valence-corrected chi connectivity index (χ4v) is 3.33. The molecule has 0 amide bonds. The Morgan fingerprint density at radius 2 is 1.92 bits per heavy atom. The van der Waals surface area contributed by atoms with Crippen LogP contribution in [0.2, 0.25) is 5.02 Å². The zero-order chi connectivity index (χ0) is 17.3. The maximum absolute atomic E-state index is 6.18. The average molecular weight is 392 g/mol. The minimum absolute atomic E-state index is 0. The van der Waals surface area contributed by atoms with Crippen LogP contribution < -0.4 is 10.1 Å². The first-order chi connectivity index (χ1) is 12.3. The van der Waals surface area contributed by atoms with Crippen molar-refractivity contribution < 1.29 is 4.74 Å². The summed E-state index contributed by atoms with van der Waals surface area (Å²) >= 11 is 6.18. The van der Waals surface area contributed by atoms with Gasteiger partial charge >= 0.3 is 0 Å². The molecule has 0 atom stereocenters. The van der Waals surface area contributed by atoms with Crippen LogP contribution in [0.1, 0.15) is 43.2 Å². The molecule has 140 valence electrons. The van der Waals surface area contributed by atoms with Crippen molar-refractivity contribution in [3.8, 4) is 5.75 Å². The smallest absolute Gasteiger partial charge is 0.120 e. The molecule has 4 heteroatoms. The van der Waals surface area contributed by atoms with Crippen LogP contribution in [0.15, 0.2) is 60.2 Å². The number of allylic oxidation sites excluding steroid dienone is 1. The van der Waals surface area contributed by atoms with E-state index in [0.29, 0.717) is 6.61 Å². The second-order valence-electron chi connectivity index (χ2n) is 6.56. The summed E-state index contributed by atoms with van der Waals surface area (Å²) in [6.07, 6.45) is 8.86. The molecule has 2 aromatic rings. The molecule has 0 unspecified atom stereocenters. The molecule has 26 heavy (non-hydrogen) atoms. The first-order valence-corrected chi connectivity index (χ1v) is 9.53. The van der Waals surface area contributed by atoms with E-state index in [1.807, 2.05) is 36.4 Å². The van der Waals surface area contributed by atoms with Crippen LogP contribution >= 0.6 is 24.0 Å². The summed E-state index contributed by atoms with van der Waals surface area (Å²) in [5.74, 6) is 0.884. The molecule has 0 saturated heterocycles. The molecule has 0 fully saturated rings. The van der Waals surface area contributed by atoms with Gasteiger partial charge in [0.2, 0.25) is 0 Å². The van der Waals surface area contributed by atoms with Gasteiger partial charge in [-0.05, 0) is 62.4 Å². The number of hydrogen-bond donors (Lipinski definition) is 1. The van der Waals surface area contributed by atoms with Crippen LogP contribution in [-0.4, -0.2) is 6.54 Å². The highest BCUT2D eigenvalue weighted by molar-refractivity contribution is 6.31. The summed E-state index contributed by atoms with van der Waals surface area (Å²) in [5.41, 5.74) is 3.87. The van der Waals surface area contributed by atoms with Crippen molar-refractivity contribution in [3.05, 3.63) is 76.3 Å². The first-order valence-electron chi connectivity index (χ1n) is 9.15. The van der Waals surface area contributed by atoms with Crippen molar-refractivity contribution in [3.63, 3.8) is 0 Å². The van der Waals surface area contributed by atoms with Crippen LogP contribution in [0.3, 0.4) is 0 Å². The number of benzene rings is 2. The standard InChI is InChI=1S/C22H26ClNO.ClH/c23-22-12-5-4-10-20(22)17-25-21-11-6-9-19(15-21)16-24-14-13-18-7-2-1-3-8-18;/h4-7,9-12,15,24H,1-3,8,13-14,16-17H2;1H. The van der Waals surface area contributed by atoms with Crippen LogP contribution in [0.25, 0.3) is 0 Å². The zero-order valence-electron chi connectivity index (χ0n) is 15.0. The van der Waals surface area contributed by atoms with E-state index in [9.17, 15) is 0 Å². The molecular formula is C22H27Cl2NO. The summed E-state index contributed by atoms with van der Waals surface area (Å²) < 4.78 is 5.89. The number of halogens is 2. The van der Waals surface area contributed by atoms with Gasteiger partial charge in [0.05, 0.1) is 0 Å². The van der Waals surface area contributed by atoms with Gasteiger partial charge in [-0.3, -0.25) is 0 Å².